The Morgan fingerprint density at radius 2 is 1.82 bits per heavy atom. The molecular formula is C25H22N4O3S2. The third-order valence-electron chi connectivity index (χ3n) is 6.32. The summed E-state index contributed by atoms with van der Waals surface area (Å²) >= 11 is 3.05. The summed E-state index contributed by atoms with van der Waals surface area (Å²) in [5.74, 6) is -0.484. The first-order chi connectivity index (χ1) is 16.3. The Labute approximate surface area is 204 Å². The molecule has 0 saturated carbocycles. The van der Waals surface area contributed by atoms with Crippen LogP contribution in [0.25, 0.3) is 16.1 Å². The number of thiophene rings is 2. The molecule has 3 aromatic heterocycles. The van der Waals surface area contributed by atoms with Gasteiger partial charge >= 0.3 is 5.97 Å². The topological polar surface area (TPSA) is 97.4 Å². The fraction of sp³-hybridized carbons (Fsp3) is 0.240. The van der Waals surface area contributed by atoms with Crippen LogP contribution in [0.1, 0.15) is 55.9 Å². The van der Waals surface area contributed by atoms with Crippen LogP contribution in [0.5, 0.6) is 0 Å². The SMILES string of the molecule is Cc1sc2c(c1C)C(c1ccc(-c3ccsc3C=O)cc1)=NC([C@H](C)C(=O)O)c1nnc(C)n1-2. The number of nitrogens with zero attached hydrogens (tertiary/aromatic N) is 4. The van der Waals surface area contributed by atoms with Crippen molar-refractivity contribution >= 4 is 40.6 Å². The van der Waals surface area contributed by atoms with Crippen LogP contribution in [-0.4, -0.2) is 37.8 Å². The molecule has 0 amide bonds. The number of aldehydes is 1. The fourth-order valence-electron chi connectivity index (χ4n) is 4.28. The number of carbonyl (C=O) groups is 2. The maximum absolute atomic E-state index is 12.0. The first-order valence-electron chi connectivity index (χ1n) is 10.8. The van der Waals surface area contributed by atoms with Gasteiger partial charge in [0.15, 0.2) is 12.1 Å². The van der Waals surface area contributed by atoms with Gasteiger partial charge in [-0.3, -0.25) is 19.1 Å². The molecule has 172 valence electrons. The summed E-state index contributed by atoms with van der Waals surface area (Å²) < 4.78 is 1.96. The molecule has 0 fully saturated rings. The minimum absolute atomic E-state index is 0.537. The van der Waals surface area contributed by atoms with Crippen molar-refractivity contribution in [2.75, 3.05) is 0 Å². The molecule has 1 aliphatic rings. The zero-order chi connectivity index (χ0) is 24.1. The Hall–Kier alpha value is -3.43. The lowest BCUT2D eigenvalue weighted by Gasteiger charge is -2.16. The number of benzene rings is 1. The van der Waals surface area contributed by atoms with Crippen molar-refractivity contribution in [1.29, 1.82) is 0 Å². The zero-order valence-corrected chi connectivity index (χ0v) is 20.7. The predicted octanol–water partition coefficient (Wildman–Crippen LogP) is 5.41. The second-order valence-electron chi connectivity index (χ2n) is 8.35. The Balaban J connectivity index is 1.72. The summed E-state index contributed by atoms with van der Waals surface area (Å²) in [5, 5.41) is 21.3. The molecule has 0 radical (unpaired) electrons. The lowest BCUT2D eigenvalue weighted by Crippen LogP contribution is -2.21. The van der Waals surface area contributed by atoms with Crippen LogP contribution in [0, 0.1) is 26.7 Å². The number of aryl methyl sites for hydroxylation is 2. The van der Waals surface area contributed by atoms with Gasteiger partial charge < -0.3 is 5.11 Å². The number of aliphatic imine (C=N–C) groups is 1. The maximum Gasteiger partial charge on any atom is 0.308 e. The molecule has 1 N–H and O–H groups in total. The average Bonchev–Trinajstić information content (AvgIpc) is 3.50. The molecule has 34 heavy (non-hydrogen) atoms. The van der Waals surface area contributed by atoms with Gasteiger partial charge in [-0.15, -0.1) is 32.9 Å². The van der Waals surface area contributed by atoms with Crippen LogP contribution in [-0.2, 0) is 4.79 Å². The van der Waals surface area contributed by atoms with Crippen LogP contribution in [0.15, 0.2) is 40.7 Å². The highest BCUT2D eigenvalue weighted by Gasteiger charge is 2.36. The van der Waals surface area contributed by atoms with Crippen LogP contribution >= 0.6 is 22.7 Å². The average molecular weight is 491 g/mol. The number of aromatic nitrogens is 3. The van der Waals surface area contributed by atoms with Crippen LogP contribution in [0.4, 0.5) is 0 Å². The molecule has 4 aromatic rings. The van der Waals surface area contributed by atoms with Crippen molar-refractivity contribution in [3.63, 3.8) is 0 Å². The van der Waals surface area contributed by atoms with E-state index in [0.29, 0.717) is 16.5 Å². The third-order valence-corrected chi connectivity index (χ3v) is 8.36. The van der Waals surface area contributed by atoms with Crippen molar-refractivity contribution in [3.8, 4) is 16.1 Å². The molecule has 0 spiro atoms. The van der Waals surface area contributed by atoms with Crippen molar-refractivity contribution in [2.24, 2.45) is 10.9 Å². The van der Waals surface area contributed by atoms with E-state index in [-0.39, 0.29) is 0 Å². The van der Waals surface area contributed by atoms with E-state index in [0.717, 1.165) is 49.7 Å². The Bertz CT molecular complexity index is 1460. The monoisotopic (exact) mass is 490 g/mol. The van der Waals surface area contributed by atoms with Crippen LogP contribution in [0.3, 0.4) is 0 Å². The number of carboxylic acids is 1. The minimum atomic E-state index is -0.937. The maximum atomic E-state index is 12.0. The van der Waals surface area contributed by atoms with Crippen molar-refractivity contribution in [1.82, 2.24) is 14.8 Å². The van der Waals surface area contributed by atoms with E-state index in [2.05, 4.69) is 24.0 Å². The number of rotatable bonds is 5. The van der Waals surface area contributed by atoms with E-state index in [9.17, 15) is 14.7 Å². The molecule has 0 bridgehead atoms. The Morgan fingerprint density at radius 3 is 2.50 bits per heavy atom. The summed E-state index contributed by atoms with van der Waals surface area (Å²) in [5.41, 5.74) is 5.55. The highest BCUT2D eigenvalue weighted by Crippen LogP contribution is 2.41. The standard InChI is InChI=1S/C25H22N4O3S2/c1-12-14(3)34-24-20(12)22(17-7-5-16(6-8-17)18-9-10-33-19(18)11-30)26-21(13(2)25(31)32)23-28-27-15(4)29(23)24/h5-11,13,21H,1-4H3,(H,31,32)/t13-,21?/m0/s1. The quantitative estimate of drug-likeness (QED) is 0.377. The molecule has 1 aliphatic heterocycles. The molecule has 1 aromatic carbocycles. The summed E-state index contributed by atoms with van der Waals surface area (Å²) in [6, 6.07) is 9.18. The van der Waals surface area contributed by atoms with E-state index >= 15 is 0 Å². The molecule has 4 heterocycles. The van der Waals surface area contributed by atoms with Crippen molar-refractivity contribution in [3.05, 3.63) is 73.8 Å². The lowest BCUT2D eigenvalue weighted by atomic mass is 9.96. The van der Waals surface area contributed by atoms with Gasteiger partial charge in [-0.05, 0) is 50.3 Å². The molecule has 2 atom stereocenters. The fourth-order valence-corrected chi connectivity index (χ4v) is 6.21. The van der Waals surface area contributed by atoms with Crippen LogP contribution in [0.2, 0.25) is 0 Å². The molecule has 0 saturated heterocycles. The molecule has 0 aliphatic carbocycles. The van der Waals surface area contributed by atoms with Gasteiger partial charge in [-0.1, -0.05) is 24.3 Å². The first kappa shape index (κ1) is 22.4. The number of hydrogen-bond acceptors (Lipinski definition) is 7. The van der Waals surface area contributed by atoms with Gasteiger partial charge in [-0.25, -0.2) is 0 Å². The summed E-state index contributed by atoms with van der Waals surface area (Å²) in [4.78, 5) is 30.3. The largest absolute Gasteiger partial charge is 0.481 e. The minimum Gasteiger partial charge on any atom is -0.481 e. The van der Waals surface area contributed by atoms with E-state index in [1.165, 1.54) is 11.3 Å². The highest BCUT2D eigenvalue weighted by molar-refractivity contribution is 7.15. The molecule has 5 rings (SSSR count). The molecular weight excluding hydrogens is 468 g/mol. The molecule has 9 heteroatoms. The van der Waals surface area contributed by atoms with Gasteiger partial charge in [0.1, 0.15) is 16.9 Å². The number of aliphatic carboxylic acids is 1. The summed E-state index contributed by atoms with van der Waals surface area (Å²) in [6.07, 6.45) is 0.878. The lowest BCUT2D eigenvalue weighted by molar-refractivity contribution is -0.141. The van der Waals surface area contributed by atoms with Crippen LogP contribution < -0.4 is 0 Å². The van der Waals surface area contributed by atoms with Gasteiger partial charge in [0, 0.05) is 21.6 Å². The Kier molecular flexibility index (Phi) is 5.53. The van der Waals surface area contributed by atoms with Gasteiger partial charge in [0.25, 0.3) is 0 Å². The summed E-state index contributed by atoms with van der Waals surface area (Å²) in [7, 11) is 0. The molecule has 7 nitrogen and oxygen atoms in total. The van der Waals surface area contributed by atoms with E-state index < -0.39 is 17.9 Å². The van der Waals surface area contributed by atoms with Gasteiger partial charge in [0.2, 0.25) is 0 Å². The second kappa shape index (κ2) is 8.41. The summed E-state index contributed by atoms with van der Waals surface area (Å²) in [6.45, 7) is 7.67. The van der Waals surface area contributed by atoms with E-state index in [1.54, 1.807) is 18.3 Å². The predicted molar refractivity (Wildman–Crippen MR) is 134 cm³/mol. The normalized spacial score (nSPS) is 15.8. The van der Waals surface area contributed by atoms with Gasteiger partial charge in [-0.2, -0.15) is 0 Å². The van der Waals surface area contributed by atoms with Gasteiger partial charge in [0.05, 0.1) is 16.5 Å². The number of hydrogen-bond donors (Lipinski definition) is 1. The van der Waals surface area contributed by atoms with E-state index in [1.807, 2.05) is 47.2 Å². The van der Waals surface area contributed by atoms with Crippen molar-refractivity contribution < 1.29 is 14.7 Å². The highest BCUT2D eigenvalue weighted by atomic mass is 32.1. The second-order valence-corrected chi connectivity index (χ2v) is 10.5. The zero-order valence-electron chi connectivity index (χ0n) is 19.1. The molecule has 1 unspecified atom stereocenters. The smallest absolute Gasteiger partial charge is 0.308 e. The number of carboxylic acid groups (broad SMARTS) is 1. The van der Waals surface area contributed by atoms with E-state index in [4.69, 9.17) is 4.99 Å². The Morgan fingerprint density at radius 1 is 1.12 bits per heavy atom. The van der Waals surface area contributed by atoms with Crippen molar-refractivity contribution in [2.45, 2.75) is 33.7 Å². The number of carbonyl (C=O) groups excluding carboxylic acids is 1. The third kappa shape index (κ3) is 3.43. The first-order valence-corrected chi connectivity index (χ1v) is 12.5. The number of fused-ring (bicyclic) bond motifs is 3.